The summed E-state index contributed by atoms with van der Waals surface area (Å²) >= 11 is 3.58. The van der Waals surface area contributed by atoms with E-state index in [1.165, 1.54) is 11.3 Å². The van der Waals surface area contributed by atoms with Gasteiger partial charge in [-0.15, -0.1) is 0 Å². The second kappa shape index (κ2) is 6.72. The van der Waals surface area contributed by atoms with Crippen molar-refractivity contribution in [2.75, 3.05) is 0 Å². The van der Waals surface area contributed by atoms with Crippen molar-refractivity contribution in [1.29, 1.82) is 0 Å². The molecule has 0 amide bonds. The Balaban J connectivity index is 2.34. The number of hydrazine groups is 1. The highest BCUT2D eigenvalue weighted by molar-refractivity contribution is 9.10. The Morgan fingerprint density at radius 2 is 2.14 bits per heavy atom. The van der Waals surface area contributed by atoms with Crippen LogP contribution in [-0.4, -0.2) is 19.6 Å². The van der Waals surface area contributed by atoms with Crippen molar-refractivity contribution in [2.45, 2.75) is 46.2 Å². The van der Waals surface area contributed by atoms with Gasteiger partial charge in [0.2, 0.25) is 0 Å². The maximum absolute atomic E-state index is 5.81. The molecule has 2 aromatic heterocycles. The highest BCUT2D eigenvalue weighted by atomic mass is 79.9. The molecule has 1 unspecified atom stereocenters. The lowest BCUT2D eigenvalue weighted by atomic mass is 10.0. The van der Waals surface area contributed by atoms with Crippen LogP contribution in [0, 0.1) is 13.8 Å². The molecule has 0 spiro atoms. The van der Waals surface area contributed by atoms with Crippen molar-refractivity contribution in [3.63, 3.8) is 0 Å². The Bertz CT molecular complexity index is 615. The molecule has 0 bridgehead atoms. The van der Waals surface area contributed by atoms with Gasteiger partial charge in [-0.1, -0.05) is 6.92 Å². The molecule has 0 aromatic carbocycles. The summed E-state index contributed by atoms with van der Waals surface area (Å²) in [6.45, 7) is 7.14. The molecule has 0 radical (unpaired) electrons. The Morgan fingerprint density at radius 3 is 2.67 bits per heavy atom. The second-order valence-corrected chi connectivity index (χ2v) is 6.15. The van der Waals surface area contributed by atoms with Gasteiger partial charge in [-0.25, -0.2) is 0 Å². The zero-order valence-electron chi connectivity index (χ0n) is 13.0. The number of nitrogens with one attached hydrogen (secondary N) is 1. The van der Waals surface area contributed by atoms with Gasteiger partial charge >= 0.3 is 0 Å². The minimum Gasteiger partial charge on any atom is -0.272 e. The van der Waals surface area contributed by atoms with E-state index in [-0.39, 0.29) is 6.04 Å². The summed E-state index contributed by atoms with van der Waals surface area (Å²) in [4.78, 5) is 0. The minimum atomic E-state index is -0.00461. The van der Waals surface area contributed by atoms with E-state index in [0.29, 0.717) is 0 Å². The summed E-state index contributed by atoms with van der Waals surface area (Å²) in [5.74, 6) is 5.81. The van der Waals surface area contributed by atoms with Gasteiger partial charge < -0.3 is 0 Å². The number of aromatic nitrogens is 4. The molecule has 0 saturated carbocycles. The first-order chi connectivity index (χ1) is 9.99. The van der Waals surface area contributed by atoms with Gasteiger partial charge in [-0.3, -0.25) is 20.6 Å². The zero-order valence-corrected chi connectivity index (χ0v) is 14.6. The standard InChI is InChI=1S/C14H23BrN6/c1-5-6-21-14(12(15)8-17-21)13(18-16)7-11-9(2)19-20(4)10(11)3/h8,13,18H,5-7,16H2,1-4H3. The number of nitrogens with two attached hydrogens (primary N) is 1. The molecule has 0 fully saturated rings. The van der Waals surface area contributed by atoms with Gasteiger partial charge in [0.1, 0.15) is 0 Å². The Labute approximate surface area is 133 Å². The molecule has 6 nitrogen and oxygen atoms in total. The van der Waals surface area contributed by atoms with Crippen LogP contribution in [-0.2, 0) is 20.0 Å². The van der Waals surface area contributed by atoms with Crippen molar-refractivity contribution in [3.8, 4) is 0 Å². The second-order valence-electron chi connectivity index (χ2n) is 5.30. The molecule has 0 aliphatic heterocycles. The van der Waals surface area contributed by atoms with Crippen LogP contribution in [0.4, 0.5) is 0 Å². The average molecular weight is 355 g/mol. The molecule has 3 N–H and O–H groups in total. The largest absolute Gasteiger partial charge is 0.272 e. The first-order valence-corrected chi connectivity index (χ1v) is 7.95. The molecule has 2 aromatic rings. The third-order valence-electron chi connectivity index (χ3n) is 3.87. The molecule has 7 heteroatoms. The average Bonchev–Trinajstić information content (AvgIpc) is 2.91. The van der Waals surface area contributed by atoms with Crippen molar-refractivity contribution in [1.82, 2.24) is 25.0 Å². The monoisotopic (exact) mass is 354 g/mol. The third kappa shape index (κ3) is 3.20. The molecule has 2 rings (SSSR count). The van der Waals surface area contributed by atoms with Gasteiger partial charge in [0, 0.05) is 19.3 Å². The van der Waals surface area contributed by atoms with Crippen LogP contribution in [0.2, 0.25) is 0 Å². The summed E-state index contributed by atoms with van der Waals surface area (Å²) in [5, 5.41) is 8.89. The normalized spacial score (nSPS) is 12.9. The predicted molar refractivity (Wildman–Crippen MR) is 86.7 cm³/mol. The molecular formula is C14H23BrN6. The lowest BCUT2D eigenvalue weighted by Gasteiger charge is -2.19. The Hall–Kier alpha value is -1.18. The van der Waals surface area contributed by atoms with Crippen LogP contribution in [0.25, 0.3) is 0 Å². The molecule has 0 saturated heterocycles. The molecule has 2 heterocycles. The third-order valence-corrected chi connectivity index (χ3v) is 4.48. The van der Waals surface area contributed by atoms with E-state index in [0.717, 1.165) is 35.2 Å². The van der Waals surface area contributed by atoms with Gasteiger partial charge in [-0.2, -0.15) is 10.2 Å². The van der Waals surface area contributed by atoms with Gasteiger partial charge in [-0.05, 0) is 48.2 Å². The maximum Gasteiger partial charge on any atom is 0.0712 e. The first kappa shape index (κ1) is 16.2. The summed E-state index contributed by atoms with van der Waals surface area (Å²) in [6, 6.07) is -0.00461. The van der Waals surface area contributed by atoms with Crippen LogP contribution < -0.4 is 11.3 Å². The molecule has 116 valence electrons. The minimum absolute atomic E-state index is 0.00461. The molecule has 0 aliphatic carbocycles. The van der Waals surface area contributed by atoms with Crippen LogP contribution >= 0.6 is 15.9 Å². The molecule has 21 heavy (non-hydrogen) atoms. The molecular weight excluding hydrogens is 332 g/mol. The fraction of sp³-hybridized carbons (Fsp3) is 0.571. The quantitative estimate of drug-likeness (QED) is 0.615. The molecule has 1 atom stereocenters. The van der Waals surface area contributed by atoms with E-state index >= 15 is 0 Å². The SMILES string of the molecule is CCCn1ncc(Br)c1C(Cc1c(C)nn(C)c1C)NN. The van der Waals surface area contributed by atoms with Crippen molar-refractivity contribution >= 4 is 15.9 Å². The van der Waals surface area contributed by atoms with E-state index in [1.54, 1.807) is 0 Å². The van der Waals surface area contributed by atoms with Gasteiger partial charge in [0.15, 0.2) is 0 Å². The van der Waals surface area contributed by atoms with Crippen LogP contribution in [0.1, 0.15) is 42.0 Å². The fourth-order valence-electron chi connectivity index (χ4n) is 2.66. The highest BCUT2D eigenvalue weighted by Crippen LogP contribution is 2.27. The van der Waals surface area contributed by atoms with E-state index in [4.69, 9.17) is 5.84 Å². The van der Waals surface area contributed by atoms with Gasteiger partial charge in [0.25, 0.3) is 0 Å². The Kier molecular flexibility index (Phi) is 5.18. The summed E-state index contributed by atoms with van der Waals surface area (Å²) in [6.07, 6.45) is 3.65. The Morgan fingerprint density at radius 1 is 1.43 bits per heavy atom. The highest BCUT2D eigenvalue weighted by Gasteiger charge is 2.22. The summed E-state index contributed by atoms with van der Waals surface area (Å²) in [5.41, 5.74) is 7.47. The van der Waals surface area contributed by atoms with Crippen molar-refractivity contribution in [2.24, 2.45) is 12.9 Å². The van der Waals surface area contributed by atoms with E-state index in [9.17, 15) is 0 Å². The maximum atomic E-state index is 5.81. The lowest BCUT2D eigenvalue weighted by Crippen LogP contribution is -2.32. The van der Waals surface area contributed by atoms with Crippen molar-refractivity contribution in [3.05, 3.63) is 33.3 Å². The van der Waals surface area contributed by atoms with Crippen LogP contribution in [0.3, 0.4) is 0 Å². The number of halogens is 1. The number of nitrogens with zero attached hydrogens (tertiary/aromatic N) is 4. The summed E-state index contributed by atoms with van der Waals surface area (Å²) in [7, 11) is 1.97. The molecule has 0 aliphatic rings. The predicted octanol–water partition coefficient (Wildman–Crippen LogP) is 2.15. The number of hydrogen-bond donors (Lipinski definition) is 2. The van der Waals surface area contributed by atoms with E-state index in [1.807, 2.05) is 29.5 Å². The van der Waals surface area contributed by atoms with E-state index < -0.39 is 0 Å². The number of rotatable bonds is 6. The number of hydrogen-bond acceptors (Lipinski definition) is 4. The van der Waals surface area contributed by atoms with Crippen LogP contribution in [0.5, 0.6) is 0 Å². The zero-order chi connectivity index (χ0) is 15.6. The lowest BCUT2D eigenvalue weighted by molar-refractivity contribution is 0.475. The number of aryl methyl sites for hydroxylation is 3. The smallest absolute Gasteiger partial charge is 0.0712 e. The van der Waals surface area contributed by atoms with Crippen molar-refractivity contribution < 1.29 is 0 Å². The van der Waals surface area contributed by atoms with Crippen LogP contribution in [0.15, 0.2) is 10.7 Å². The summed E-state index contributed by atoms with van der Waals surface area (Å²) < 4.78 is 4.91. The van der Waals surface area contributed by atoms with Gasteiger partial charge in [0.05, 0.1) is 28.1 Å². The fourth-order valence-corrected chi connectivity index (χ4v) is 3.23. The first-order valence-electron chi connectivity index (χ1n) is 7.16. The topological polar surface area (TPSA) is 73.7 Å². The van der Waals surface area contributed by atoms with E-state index in [2.05, 4.69) is 45.4 Å².